The summed E-state index contributed by atoms with van der Waals surface area (Å²) in [5.41, 5.74) is 1.13. The molecule has 0 bridgehead atoms. The molecule has 0 heterocycles. The Kier molecular flexibility index (Phi) is 5.44. The van der Waals surface area contributed by atoms with Crippen molar-refractivity contribution < 1.29 is 9.84 Å². The van der Waals surface area contributed by atoms with Gasteiger partial charge in [-0.2, -0.15) is 5.26 Å². The quantitative estimate of drug-likeness (QED) is 0.860. The van der Waals surface area contributed by atoms with Gasteiger partial charge in [0.25, 0.3) is 0 Å². The maximum absolute atomic E-state index is 9.89. The van der Waals surface area contributed by atoms with E-state index in [1.807, 2.05) is 36.4 Å². The van der Waals surface area contributed by atoms with Crippen LogP contribution in [0.1, 0.15) is 5.56 Å². The number of benzene rings is 2. The molecule has 0 radical (unpaired) electrons. The number of ether oxygens (including phenoxy) is 1. The average Bonchev–Trinajstić information content (AvgIpc) is 2.53. The van der Waals surface area contributed by atoms with E-state index in [0.29, 0.717) is 22.0 Å². The highest BCUT2D eigenvalue weighted by atomic mass is 35.5. The number of rotatable bonds is 6. The zero-order chi connectivity index (χ0) is 15.1. The molecular weight excluding hydrogens is 288 g/mol. The van der Waals surface area contributed by atoms with E-state index in [2.05, 4.69) is 5.32 Å². The molecule has 2 aromatic carbocycles. The summed E-state index contributed by atoms with van der Waals surface area (Å²) in [7, 11) is 0. The standard InChI is InChI=1S/C16H15ClN2O2/c17-15-7-6-12(9-18)8-16(15)19-10-13(20)11-21-14-4-2-1-3-5-14/h1-8,13,19-20H,10-11H2. The molecule has 4 nitrogen and oxygen atoms in total. The third-order valence-corrected chi connectivity index (χ3v) is 3.14. The fraction of sp³-hybridized carbons (Fsp3) is 0.188. The Morgan fingerprint density at radius 1 is 1.24 bits per heavy atom. The minimum absolute atomic E-state index is 0.173. The van der Waals surface area contributed by atoms with Gasteiger partial charge in [-0.15, -0.1) is 0 Å². The molecule has 0 aliphatic carbocycles. The number of aliphatic hydroxyl groups is 1. The molecule has 0 aliphatic heterocycles. The normalized spacial score (nSPS) is 11.5. The van der Waals surface area contributed by atoms with E-state index in [4.69, 9.17) is 21.6 Å². The minimum atomic E-state index is -0.688. The number of para-hydroxylation sites is 1. The Hall–Kier alpha value is -2.22. The van der Waals surface area contributed by atoms with E-state index >= 15 is 0 Å². The van der Waals surface area contributed by atoms with Crippen LogP contribution in [0, 0.1) is 11.3 Å². The lowest BCUT2D eigenvalue weighted by molar-refractivity contribution is 0.117. The number of hydrogen-bond acceptors (Lipinski definition) is 4. The van der Waals surface area contributed by atoms with Crippen LogP contribution in [0.25, 0.3) is 0 Å². The lowest BCUT2D eigenvalue weighted by Gasteiger charge is -2.15. The Morgan fingerprint density at radius 3 is 2.71 bits per heavy atom. The molecular formula is C16H15ClN2O2. The van der Waals surface area contributed by atoms with Gasteiger partial charge in [0.1, 0.15) is 18.5 Å². The highest BCUT2D eigenvalue weighted by Crippen LogP contribution is 2.22. The summed E-state index contributed by atoms with van der Waals surface area (Å²) in [6.45, 7) is 0.452. The van der Waals surface area contributed by atoms with Crippen molar-refractivity contribution in [2.45, 2.75) is 6.10 Å². The van der Waals surface area contributed by atoms with Gasteiger partial charge in [-0.25, -0.2) is 0 Å². The average molecular weight is 303 g/mol. The van der Waals surface area contributed by atoms with Gasteiger partial charge in [0.2, 0.25) is 0 Å². The first-order chi connectivity index (χ1) is 10.2. The van der Waals surface area contributed by atoms with Crippen LogP contribution in [0.5, 0.6) is 5.75 Å². The van der Waals surface area contributed by atoms with Gasteiger partial charge in [0.05, 0.1) is 22.3 Å². The fourth-order valence-electron chi connectivity index (χ4n) is 1.73. The van der Waals surface area contributed by atoms with E-state index < -0.39 is 6.10 Å². The van der Waals surface area contributed by atoms with Crippen LogP contribution >= 0.6 is 11.6 Å². The predicted octanol–water partition coefficient (Wildman–Crippen LogP) is 3.06. The first kappa shape index (κ1) is 15.2. The van der Waals surface area contributed by atoms with E-state index in [0.717, 1.165) is 0 Å². The summed E-state index contributed by atoms with van der Waals surface area (Å²) in [4.78, 5) is 0. The van der Waals surface area contributed by atoms with Crippen molar-refractivity contribution in [3.63, 3.8) is 0 Å². The smallest absolute Gasteiger partial charge is 0.119 e. The van der Waals surface area contributed by atoms with Gasteiger partial charge in [-0.1, -0.05) is 29.8 Å². The zero-order valence-corrected chi connectivity index (χ0v) is 12.0. The maximum Gasteiger partial charge on any atom is 0.119 e. The van der Waals surface area contributed by atoms with Crippen molar-refractivity contribution in [1.29, 1.82) is 5.26 Å². The number of halogens is 1. The van der Waals surface area contributed by atoms with Gasteiger partial charge >= 0.3 is 0 Å². The Balaban J connectivity index is 1.84. The van der Waals surface area contributed by atoms with Crippen LogP contribution in [0.15, 0.2) is 48.5 Å². The van der Waals surface area contributed by atoms with E-state index in [1.54, 1.807) is 18.2 Å². The lowest BCUT2D eigenvalue weighted by Crippen LogP contribution is -2.26. The lowest BCUT2D eigenvalue weighted by atomic mass is 10.2. The molecule has 0 saturated carbocycles. The maximum atomic E-state index is 9.89. The van der Waals surface area contributed by atoms with Gasteiger partial charge in [0, 0.05) is 6.54 Å². The summed E-state index contributed by atoms with van der Waals surface area (Å²) in [6, 6.07) is 16.3. The topological polar surface area (TPSA) is 65.3 Å². The van der Waals surface area contributed by atoms with Crippen molar-refractivity contribution in [3.8, 4) is 11.8 Å². The molecule has 0 amide bonds. The number of nitrogens with zero attached hydrogens (tertiary/aromatic N) is 1. The molecule has 0 fully saturated rings. The van der Waals surface area contributed by atoms with Crippen LogP contribution in [0.3, 0.4) is 0 Å². The van der Waals surface area contributed by atoms with E-state index in [9.17, 15) is 5.11 Å². The Labute approximate surface area is 128 Å². The minimum Gasteiger partial charge on any atom is -0.491 e. The van der Waals surface area contributed by atoms with Crippen molar-refractivity contribution in [1.82, 2.24) is 0 Å². The molecule has 5 heteroatoms. The number of hydrogen-bond donors (Lipinski definition) is 2. The summed E-state index contributed by atoms with van der Waals surface area (Å²) in [5, 5.41) is 22.3. The first-order valence-corrected chi connectivity index (χ1v) is 6.86. The SMILES string of the molecule is N#Cc1ccc(Cl)c(NCC(O)COc2ccccc2)c1. The zero-order valence-electron chi connectivity index (χ0n) is 11.3. The van der Waals surface area contributed by atoms with Gasteiger partial charge in [0.15, 0.2) is 0 Å². The van der Waals surface area contributed by atoms with Gasteiger partial charge in [-0.3, -0.25) is 0 Å². The molecule has 1 unspecified atom stereocenters. The molecule has 2 N–H and O–H groups in total. The van der Waals surface area contributed by atoms with Crippen LogP contribution in [0.2, 0.25) is 5.02 Å². The van der Waals surface area contributed by atoms with Crippen LogP contribution in [-0.2, 0) is 0 Å². The van der Waals surface area contributed by atoms with E-state index in [-0.39, 0.29) is 13.2 Å². The molecule has 0 spiro atoms. The predicted molar refractivity (Wildman–Crippen MR) is 82.6 cm³/mol. The number of aliphatic hydroxyl groups excluding tert-OH is 1. The van der Waals surface area contributed by atoms with Crippen molar-refractivity contribution >= 4 is 17.3 Å². The van der Waals surface area contributed by atoms with Crippen LogP contribution in [0.4, 0.5) is 5.69 Å². The second-order valence-electron chi connectivity index (χ2n) is 4.47. The molecule has 2 aromatic rings. The Morgan fingerprint density at radius 2 is 2.00 bits per heavy atom. The first-order valence-electron chi connectivity index (χ1n) is 6.48. The number of nitriles is 1. The third-order valence-electron chi connectivity index (χ3n) is 2.81. The van der Waals surface area contributed by atoms with Crippen LogP contribution in [-0.4, -0.2) is 24.4 Å². The Bertz CT molecular complexity index is 626. The summed E-state index contributed by atoms with van der Waals surface area (Å²) >= 11 is 6.02. The van der Waals surface area contributed by atoms with E-state index in [1.165, 1.54) is 0 Å². The number of anilines is 1. The largest absolute Gasteiger partial charge is 0.491 e. The molecule has 0 saturated heterocycles. The van der Waals surface area contributed by atoms with Crippen molar-refractivity contribution in [2.24, 2.45) is 0 Å². The van der Waals surface area contributed by atoms with Gasteiger partial charge < -0.3 is 15.2 Å². The monoisotopic (exact) mass is 302 g/mol. The van der Waals surface area contributed by atoms with Crippen LogP contribution < -0.4 is 10.1 Å². The summed E-state index contributed by atoms with van der Waals surface area (Å²) in [5.74, 6) is 0.709. The van der Waals surface area contributed by atoms with Gasteiger partial charge in [-0.05, 0) is 30.3 Å². The third kappa shape index (κ3) is 4.67. The summed E-state index contributed by atoms with van der Waals surface area (Å²) < 4.78 is 5.46. The fourth-order valence-corrected chi connectivity index (χ4v) is 1.91. The second kappa shape index (κ2) is 7.53. The molecule has 0 aliphatic rings. The molecule has 0 aromatic heterocycles. The highest BCUT2D eigenvalue weighted by molar-refractivity contribution is 6.33. The highest BCUT2D eigenvalue weighted by Gasteiger charge is 2.07. The van der Waals surface area contributed by atoms with Crippen molar-refractivity contribution in [3.05, 3.63) is 59.1 Å². The second-order valence-corrected chi connectivity index (χ2v) is 4.87. The summed E-state index contributed by atoms with van der Waals surface area (Å²) in [6.07, 6.45) is -0.688. The molecule has 1 atom stereocenters. The molecule has 2 rings (SSSR count). The number of nitrogens with one attached hydrogen (secondary N) is 1. The molecule has 21 heavy (non-hydrogen) atoms. The molecule has 108 valence electrons. The van der Waals surface area contributed by atoms with Crippen molar-refractivity contribution in [2.75, 3.05) is 18.5 Å².